The van der Waals surface area contributed by atoms with Crippen molar-refractivity contribution in [1.82, 2.24) is 39.7 Å². The van der Waals surface area contributed by atoms with Crippen LogP contribution in [0.2, 0.25) is 0 Å². The molecule has 0 saturated heterocycles. The molecule has 12 heteroatoms. The molecule has 6 rings (SSSR count). The Labute approximate surface area is 215 Å². The lowest BCUT2D eigenvalue weighted by atomic mass is 10.0. The van der Waals surface area contributed by atoms with Crippen LogP contribution in [0.4, 0.5) is 13.2 Å². The van der Waals surface area contributed by atoms with Crippen LogP contribution in [-0.4, -0.2) is 46.8 Å². The standard InChI is InChI=1S/C26H23F3N8O/c1-13-8-16(24-33-19(11-37(24)2)26(27,28)29)7-6-15(13)9-17-22-18(36-35-17)10-30-23(34-22)20-21(14-4-5-14)31-12-32-25(20)38-3/h6-8,10-12,14H,4-5,9H2,1-3H3,(H,35,36). The molecular formula is C26H23F3N8O. The fourth-order valence-electron chi connectivity index (χ4n) is 4.61. The normalized spacial score (nSPS) is 13.8. The number of nitrogens with one attached hydrogen (secondary N) is 1. The molecule has 4 aromatic heterocycles. The van der Waals surface area contributed by atoms with Crippen molar-refractivity contribution >= 4 is 11.0 Å². The number of ether oxygens (including phenoxy) is 1. The molecule has 9 nitrogen and oxygen atoms in total. The number of aryl methyl sites for hydroxylation is 2. The Bertz CT molecular complexity index is 1670. The van der Waals surface area contributed by atoms with Crippen molar-refractivity contribution < 1.29 is 17.9 Å². The summed E-state index contributed by atoms with van der Waals surface area (Å²) in [6.07, 6.45) is 2.25. The minimum Gasteiger partial charge on any atom is -0.480 e. The number of aromatic nitrogens is 8. The average molecular weight is 521 g/mol. The van der Waals surface area contributed by atoms with E-state index in [4.69, 9.17) is 9.72 Å². The maximum absolute atomic E-state index is 13.1. The van der Waals surface area contributed by atoms with Crippen molar-refractivity contribution in [2.75, 3.05) is 7.11 Å². The Kier molecular flexibility index (Phi) is 5.62. The van der Waals surface area contributed by atoms with E-state index < -0.39 is 11.9 Å². The van der Waals surface area contributed by atoms with Gasteiger partial charge in [0.25, 0.3) is 0 Å². The van der Waals surface area contributed by atoms with Gasteiger partial charge >= 0.3 is 6.18 Å². The van der Waals surface area contributed by atoms with E-state index in [1.54, 1.807) is 26.4 Å². The molecule has 194 valence electrons. The average Bonchev–Trinajstić information content (AvgIpc) is 3.55. The second kappa shape index (κ2) is 8.89. The summed E-state index contributed by atoms with van der Waals surface area (Å²) < 4.78 is 46.2. The van der Waals surface area contributed by atoms with E-state index in [2.05, 4.69) is 30.1 Å². The predicted molar refractivity (Wildman–Crippen MR) is 132 cm³/mol. The van der Waals surface area contributed by atoms with Gasteiger partial charge in [-0.2, -0.15) is 18.3 Å². The lowest BCUT2D eigenvalue weighted by Gasteiger charge is -2.10. The van der Waals surface area contributed by atoms with E-state index in [1.165, 1.54) is 10.9 Å². The molecule has 0 aliphatic heterocycles. The molecule has 1 fully saturated rings. The molecule has 0 atom stereocenters. The first-order valence-electron chi connectivity index (χ1n) is 12.0. The Morgan fingerprint density at radius 1 is 1.13 bits per heavy atom. The van der Waals surface area contributed by atoms with E-state index in [9.17, 15) is 13.2 Å². The van der Waals surface area contributed by atoms with Gasteiger partial charge in [-0.05, 0) is 37.0 Å². The topological polar surface area (TPSA) is 107 Å². The molecule has 1 aromatic carbocycles. The van der Waals surface area contributed by atoms with Crippen LogP contribution >= 0.6 is 0 Å². The summed E-state index contributed by atoms with van der Waals surface area (Å²) in [7, 11) is 3.11. The first kappa shape index (κ1) is 24.0. The van der Waals surface area contributed by atoms with Crippen LogP contribution in [0.1, 0.15) is 47.0 Å². The fraction of sp³-hybridized carbons (Fsp3) is 0.308. The fourth-order valence-corrected chi connectivity index (χ4v) is 4.61. The van der Waals surface area contributed by atoms with Crippen LogP contribution in [0.3, 0.4) is 0 Å². The van der Waals surface area contributed by atoms with Crippen molar-refractivity contribution in [2.45, 2.75) is 38.3 Å². The summed E-state index contributed by atoms with van der Waals surface area (Å²) >= 11 is 0. The molecule has 0 spiro atoms. The third kappa shape index (κ3) is 4.25. The molecule has 0 bridgehead atoms. The highest BCUT2D eigenvalue weighted by atomic mass is 19.4. The van der Waals surface area contributed by atoms with Gasteiger partial charge in [0.15, 0.2) is 11.5 Å². The monoisotopic (exact) mass is 520 g/mol. The number of alkyl halides is 3. The predicted octanol–water partition coefficient (Wildman–Crippen LogP) is 5.01. The minimum atomic E-state index is -4.50. The minimum absolute atomic E-state index is 0.250. The lowest BCUT2D eigenvalue weighted by molar-refractivity contribution is -0.140. The van der Waals surface area contributed by atoms with E-state index in [0.29, 0.717) is 46.2 Å². The van der Waals surface area contributed by atoms with Gasteiger partial charge in [0.2, 0.25) is 5.88 Å². The SMILES string of the molecule is COc1ncnc(C2CC2)c1-c1ncc2[nH]nc(Cc3ccc(-c4nc(C(F)(F)F)cn4C)cc3C)c2n1. The number of benzene rings is 1. The zero-order valence-electron chi connectivity index (χ0n) is 20.8. The second-order valence-electron chi connectivity index (χ2n) is 9.42. The maximum atomic E-state index is 13.1. The van der Waals surface area contributed by atoms with Crippen LogP contribution < -0.4 is 4.74 Å². The quantitative estimate of drug-likeness (QED) is 0.335. The van der Waals surface area contributed by atoms with Gasteiger partial charge in [0.05, 0.1) is 24.7 Å². The maximum Gasteiger partial charge on any atom is 0.434 e. The van der Waals surface area contributed by atoms with Gasteiger partial charge in [0, 0.05) is 31.1 Å². The molecule has 4 heterocycles. The molecule has 0 unspecified atom stereocenters. The Hall–Kier alpha value is -4.35. The molecule has 0 amide bonds. The van der Waals surface area contributed by atoms with E-state index in [0.717, 1.165) is 41.6 Å². The number of imidazole rings is 1. The third-order valence-corrected chi connectivity index (χ3v) is 6.72. The van der Waals surface area contributed by atoms with Crippen molar-refractivity contribution in [3.05, 3.63) is 65.1 Å². The van der Waals surface area contributed by atoms with Crippen molar-refractivity contribution in [1.29, 1.82) is 0 Å². The Morgan fingerprint density at radius 2 is 1.95 bits per heavy atom. The summed E-state index contributed by atoms with van der Waals surface area (Å²) in [5.41, 5.74) is 5.21. The summed E-state index contributed by atoms with van der Waals surface area (Å²) in [4.78, 5) is 21.9. The summed E-state index contributed by atoms with van der Waals surface area (Å²) in [5, 5.41) is 7.46. The van der Waals surface area contributed by atoms with Crippen molar-refractivity contribution in [2.24, 2.45) is 7.05 Å². The van der Waals surface area contributed by atoms with Crippen LogP contribution in [-0.2, 0) is 19.6 Å². The molecule has 1 N–H and O–H groups in total. The lowest BCUT2D eigenvalue weighted by Crippen LogP contribution is -2.04. The Balaban J connectivity index is 1.34. The molecule has 1 aliphatic rings. The first-order valence-corrected chi connectivity index (χ1v) is 12.0. The molecule has 1 saturated carbocycles. The van der Waals surface area contributed by atoms with Crippen LogP contribution in [0, 0.1) is 6.92 Å². The third-order valence-electron chi connectivity index (χ3n) is 6.72. The summed E-state index contributed by atoms with van der Waals surface area (Å²) in [5.74, 6) is 1.50. The molecule has 0 radical (unpaired) electrons. The van der Waals surface area contributed by atoms with E-state index >= 15 is 0 Å². The van der Waals surface area contributed by atoms with Gasteiger partial charge in [-0.1, -0.05) is 12.1 Å². The molecule has 5 aromatic rings. The number of methoxy groups -OCH3 is 1. The van der Waals surface area contributed by atoms with Gasteiger partial charge in [0.1, 0.15) is 28.7 Å². The van der Waals surface area contributed by atoms with Crippen molar-refractivity contribution in [3.8, 4) is 28.7 Å². The van der Waals surface area contributed by atoms with Crippen LogP contribution in [0.15, 0.2) is 36.9 Å². The highest BCUT2D eigenvalue weighted by molar-refractivity contribution is 5.80. The van der Waals surface area contributed by atoms with Gasteiger partial charge in [-0.15, -0.1) is 0 Å². The van der Waals surface area contributed by atoms with Gasteiger partial charge < -0.3 is 9.30 Å². The number of hydrogen-bond donors (Lipinski definition) is 1. The number of halogens is 3. The molecule has 38 heavy (non-hydrogen) atoms. The highest BCUT2D eigenvalue weighted by Crippen LogP contribution is 2.45. The van der Waals surface area contributed by atoms with E-state index in [-0.39, 0.29) is 5.82 Å². The number of H-pyrrole nitrogens is 1. The van der Waals surface area contributed by atoms with Gasteiger partial charge in [-0.25, -0.2) is 24.9 Å². The number of hydrogen-bond acceptors (Lipinski definition) is 7. The highest BCUT2D eigenvalue weighted by Gasteiger charge is 2.35. The largest absolute Gasteiger partial charge is 0.480 e. The molecular weight excluding hydrogens is 497 g/mol. The number of rotatable bonds is 6. The zero-order chi connectivity index (χ0) is 26.6. The second-order valence-corrected chi connectivity index (χ2v) is 9.42. The zero-order valence-corrected chi connectivity index (χ0v) is 20.8. The van der Waals surface area contributed by atoms with Gasteiger partial charge in [-0.3, -0.25) is 5.10 Å². The first-order chi connectivity index (χ1) is 18.2. The van der Waals surface area contributed by atoms with Crippen LogP contribution in [0.25, 0.3) is 33.8 Å². The Morgan fingerprint density at radius 3 is 2.63 bits per heavy atom. The number of fused-ring (bicyclic) bond motifs is 1. The summed E-state index contributed by atoms with van der Waals surface area (Å²) in [6, 6.07) is 5.49. The van der Waals surface area contributed by atoms with Crippen molar-refractivity contribution in [3.63, 3.8) is 0 Å². The summed E-state index contributed by atoms with van der Waals surface area (Å²) in [6.45, 7) is 1.91. The smallest absolute Gasteiger partial charge is 0.434 e. The number of aromatic amines is 1. The van der Waals surface area contributed by atoms with E-state index in [1.807, 2.05) is 19.1 Å². The van der Waals surface area contributed by atoms with Crippen LogP contribution in [0.5, 0.6) is 5.88 Å². The number of nitrogens with zero attached hydrogens (tertiary/aromatic N) is 7. The molecule has 1 aliphatic carbocycles.